The quantitative estimate of drug-likeness (QED) is 0.520. The highest BCUT2D eigenvalue weighted by Gasteiger charge is 2.13. The maximum Gasteiger partial charge on any atom is 0.228 e. The highest BCUT2D eigenvalue weighted by atomic mass is 16.5. The minimum Gasteiger partial charge on any atom is -0.459 e. The molecule has 0 spiro atoms. The number of guanidine groups is 1. The van der Waals surface area contributed by atoms with E-state index in [2.05, 4.69) is 25.8 Å². The van der Waals surface area contributed by atoms with Crippen molar-refractivity contribution in [3.05, 3.63) is 47.8 Å². The van der Waals surface area contributed by atoms with Crippen LogP contribution in [-0.4, -0.2) is 29.7 Å². The molecule has 1 aromatic carbocycles. The van der Waals surface area contributed by atoms with Crippen LogP contribution in [0.5, 0.6) is 0 Å². The molecule has 3 rings (SSSR count). The van der Waals surface area contributed by atoms with Gasteiger partial charge in [0.05, 0.1) is 6.04 Å². The zero-order valence-electron chi connectivity index (χ0n) is 15.6. The number of hydrogen-bond donors (Lipinski definition) is 2. The van der Waals surface area contributed by atoms with Crippen molar-refractivity contribution in [1.29, 1.82) is 0 Å². The van der Waals surface area contributed by atoms with Crippen LogP contribution in [-0.2, 0) is 6.42 Å². The van der Waals surface area contributed by atoms with Gasteiger partial charge in [0.2, 0.25) is 5.89 Å². The predicted octanol–water partition coefficient (Wildman–Crippen LogP) is 3.41. The van der Waals surface area contributed by atoms with Gasteiger partial charge < -0.3 is 19.6 Å². The van der Waals surface area contributed by atoms with Gasteiger partial charge in [-0.3, -0.25) is 4.99 Å². The maximum atomic E-state index is 5.90. The second-order valence-electron chi connectivity index (χ2n) is 6.50. The molecule has 7 heteroatoms. The average molecular weight is 355 g/mol. The Labute approximate surface area is 152 Å². The molecule has 0 saturated heterocycles. The van der Waals surface area contributed by atoms with E-state index in [0.29, 0.717) is 24.8 Å². The molecule has 1 unspecified atom stereocenters. The van der Waals surface area contributed by atoms with Crippen LogP contribution in [0.3, 0.4) is 0 Å². The summed E-state index contributed by atoms with van der Waals surface area (Å²) in [5, 5.41) is 11.7. The van der Waals surface area contributed by atoms with E-state index in [1.54, 1.807) is 7.05 Å². The number of aromatic nitrogens is 2. The number of aliphatic imine (C=N–C) groups is 1. The molecule has 0 saturated carbocycles. The molecule has 0 amide bonds. The van der Waals surface area contributed by atoms with E-state index < -0.39 is 0 Å². The Bertz CT molecular complexity index is 848. The molecule has 0 aliphatic rings. The third-order valence-electron chi connectivity index (χ3n) is 4.08. The fourth-order valence-corrected chi connectivity index (χ4v) is 2.58. The number of fused-ring (bicyclic) bond motifs is 1. The topological polar surface area (TPSA) is 88.5 Å². The molecule has 3 aromatic rings. The normalized spacial score (nSPS) is 13.3. The van der Waals surface area contributed by atoms with Gasteiger partial charge >= 0.3 is 0 Å². The van der Waals surface area contributed by atoms with E-state index in [4.69, 9.17) is 8.94 Å². The molecule has 26 heavy (non-hydrogen) atoms. The van der Waals surface area contributed by atoms with Crippen molar-refractivity contribution in [3.63, 3.8) is 0 Å². The number of rotatable bonds is 6. The van der Waals surface area contributed by atoms with Crippen LogP contribution in [0.1, 0.15) is 50.2 Å². The zero-order valence-corrected chi connectivity index (χ0v) is 15.6. The zero-order chi connectivity index (χ0) is 18.5. The fourth-order valence-electron chi connectivity index (χ4n) is 2.58. The number of nitrogens with zero attached hydrogens (tertiary/aromatic N) is 3. The standard InChI is InChI=1S/C19H25N5O2/c1-12(2)18-23-17(26-24-18)9-10-21-19(20-4)22-13(3)16-11-14-7-5-6-8-15(14)25-16/h5-8,11-13H,9-10H2,1-4H3,(H2,20,21,22). The molecule has 2 aromatic heterocycles. The monoisotopic (exact) mass is 355 g/mol. The first-order chi connectivity index (χ1) is 12.6. The number of nitrogens with one attached hydrogen (secondary N) is 2. The lowest BCUT2D eigenvalue weighted by atomic mass is 10.2. The second kappa shape index (κ2) is 8.03. The molecular weight excluding hydrogens is 330 g/mol. The number of benzene rings is 1. The first-order valence-corrected chi connectivity index (χ1v) is 8.85. The lowest BCUT2D eigenvalue weighted by molar-refractivity contribution is 0.371. The highest BCUT2D eigenvalue weighted by molar-refractivity contribution is 5.81. The van der Waals surface area contributed by atoms with Gasteiger partial charge in [0, 0.05) is 31.3 Å². The summed E-state index contributed by atoms with van der Waals surface area (Å²) >= 11 is 0. The second-order valence-corrected chi connectivity index (χ2v) is 6.50. The van der Waals surface area contributed by atoms with Crippen LogP contribution in [0.25, 0.3) is 11.0 Å². The van der Waals surface area contributed by atoms with Gasteiger partial charge in [-0.2, -0.15) is 4.98 Å². The van der Waals surface area contributed by atoms with Crippen molar-refractivity contribution < 1.29 is 8.94 Å². The van der Waals surface area contributed by atoms with Crippen LogP contribution in [0.4, 0.5) is 0 Å². The van der Waals surface area contributed by atoms with Crippen LogP contribution in [0, 0.1) is 0 Å². The Morgan fingerprint density at radius 3 is 2.73 bits per heavy atom. The third kappa shape index (κ3) is 4.22. The molecule has 7 nitrogen and oxygen atoms in total. The van der Waals surface area contributed by atoms with Gasteiger partial charge in [-0.1, -0.05) is 37.2 Å². The molecule has 0 radical (unpaired) electrons. The van der Waals surface area contributed by atoms with Gasteiger partial charge in [-0.25, -0.2) is 0 Å². The third-order valence-corrected chi connectivity index (χ3v) is 4.08. The number of hydrogen-bond acceptors (Lipinski definition) is 5. The molecule has 2 heterocycles. The van der Waals surface area contributed by atoms with Crippen molar-refractivity contribution >= 4 is 16.9 Å². The predicted molar refractivity (Wildman–Crippen MR) is 101 cm³/mol. The number of furan rings is 1. The van der Waals surface area contributed by atoms with E-state index in [1.165, 1.54) is 0 Å². The lowest BCUT2D eigenvalue weighted by Crippen LogP contribution is -2.39. The summed E-state index contributed by atoms with van der Waals surface area (Å²) in [7, 11) is 1.74. The smallest absolute Gasteiger partial charge is 0.228 e. The first-order valence-electron chi connectivity index (χ1n) is 8.85. The molecule has 2 N–H and O–H groups in total. The summed E-state index contributed by atoms with van der Waals surface area (Å²) in [6, 6.07) is 10.0. The van der Waals surface area contributed by atoms with Crippen LogP contribution in [0.2, 0.25) is 0 Å². The Balaban J connectivity index is 1.53. The Hall–Kier alpha value is -2.83. The van der Waals surface area contributed by atoms with Crippen LogP contribution in [0.15, 0.2) is 44.3 Å². The SMILES string of the molecule is CN=C(NCCc1nc(C(C)C)no1)NC(C)c1cc2ccccc2o1. The summed E-state index contributed by atoms with van der Waals surface area (Å²) in [5.41, 5.74) is 0.886. The van der Waals surface area contributed by atoms with Crippen molar-refractivity contribution in [2.24, 2.45) is 4.99 Å². The van der Waals surface area contributed by atoms with Crippen LogP contribution < -0.4 is 10.6 Å². The van der Waals surface area contributed by atoms with E-state index >= 15 is 0 Å². The van der Waals surface area contributed by atoms with Gasteiger partial charge in [0.15, 0.2) is 11.8 Å². The minimum absolute atomic E-state index is 0.00968. The van der Waals surface area contributed by atoms with E-state index in [-0.39, 0.29) is 12.0 Å². The van der Waals surface area contributed by atoms with Crippen molar-refractivity contribution in [2.45, 2.75) is 39.2 Å². The van der Waals surface area contributed by atoms with E-state index in [1.807, 2.05) is 51.1 Å². The Kier molecular flexibility index (Phi) is 5.55. The van der Waals surface area contributed by atoms with E-state index in [0.717, 1.165) is 22.6 Å². The Morgan fingerprint density at radius 1 is 1.23 bits per heavy atom. The van der Waals surface area contributed by atoms with E-state index in [9.17, 15) is 0 Å². The molecule has 0 aliphatic carbocycles. The molecule has 0 fully saturated rings. The maximum absolute atomic E-state index is 5.90. The molecular formula is C19H25N5O2. The van der Waals surface area contributed by atoms with Gasteiger partial charge in [0.25, 0.3) is 0 Å². The lowest BCUT2D eigenvalue weighted by Gasteiger charge is -2.15. The average Bonchev–Trinajstić information content (AvgIpc) is 3.27. The van der Waals surface area contributed by atoms with Gasteiger partial charge in [-0.15, -0.1) is 0 Å². The van der Waals surface area contributed by atoms with Crippen molar-refractivity contribution in [3.8, 4) is 0 Å². The summed E-state index contributed by atoms with van der Waals surface area (Å²) < 4.78 is 11.1. The molecule has 1 atom stereocenters. The summed E-state index contributed by atoms with van der Waals surface area (Å²) in [4.78, 5) is 8.63. The fraction of sp³-hybridized carbons (Fsp3) is 0.421. The van der Waals surface area contributed by atoms with Crippen molar-refractivity contribution in [1.82, 2.24) is 20.8 Å². The molecule has 138 valence electrons. The van der Waals surface area contributed by atoms with Gasteiger partial charge in [0.1, 0.15) is 11.3 Å². The van der Waals surface area contributed by atoms with Crippen LogP contribution >= 0.6 is 0 Å². The molecule has 0 aliphatic heterocycles. The summed E-state index contributed by atoms with van der Waals surface area (Å²) in [5.74, 6) is 3.19. The van der Waals surface area contributed by atoms with Gasteiger partial charge in [-0.05, 0) is 19.1 Å². The Morgan fingerprint density at radius 2 is 2.04 bits per heavy atom. The van der Waals surface area contributed by atoms with Crippen molar-refractivity contribution in [2.75, 3.05) is 13.6 Å². The molecule has 0 bridgehead atoms. The summed E-state index contributed by atoms with van der Waals surface area (Å²) in [6.07, 6.45) is 0.638. The number of para-hydroxylation sites is 1. The minimum atomic E-state index is -0.00968. The summed E-state index contributed by atoms with van der Waals surface area (Å²) in [6.45, 7) is 6.76. The highest BCUT2D eigenvalue weighted by Crippen LogP contribution is 2.23. The largest absolute Gasteiger partial charge is 0.459 e. The first kappa shape index (κ1) is 18.0.